The zero-order valence-corrected chi connectivity index (χ0v) is 11.3. The van der Waals surface area contributed by atoms with E-state index >= 15 is 0 Å². The van der Waals surface area contributed by atoms with Gasteiger partial charge in [0, 0.05) is 26.5 Å². The minimum absolute atomic E-state index is 0.250. The molecular formula is C13H13ClN4O. The fraction of sp³-hybridized carbons (Fsp3) is 0.154. The van der Waals surface area contributed by atoms with Gasteiger partial charge in [-0.05, 0) is 18.2 Å². The third-order valence-corrected chi connectivity index (χ3v) is 2.74. The Labute approximate surface area is 116 Å². The number of carbonyl (C=O) groups is 1. The van der Waals surface area contributed by atoms with Gasteiger partial charge in [0.05, 0.1) is 23.1 Å². The highest BCUT2D eigenvalue weighted by atomic mass is 35.5. The van der Waals surface area contributed by atoms with E-state index < -0.39 is 0 Å². The van der Waals surface area contributed by atoms with E-state index in [2.05, 4.69) is 15.3 Å². The van der Waals surface area contributed by atoms with Gasteiger partial charge in [-0.2, -0.15) is 0 Å². The standard InChI is InChI=1S/C13H13ClN4O/c1-18(2)11-5-6-15-8-10(11)17-13(19)9-3-4-12(14)16-7-9/h3-8H,1-2H3,(H,17,19). The maximum Gasteiger partial charge on any atom is 0.257 e. The highest BCUT2D eigenvalue weighted by Crippen LogP contribution is 2.22. The molecule has 1 amide bonds. The first-order chi connectivity index (χ1) is 9.08. The van der Waals surface area contributed by atoms with Gasteiger partial charge in [0.15, 0.2) is 0 Å². The van der Waals surface area contributed by atoms with Gasteiger partial charge in [0.1, 0.15) is 5.15 Å². The van der Waals surface area contributed by atoms with Gasteiger partial charge in [-0.15, -0.1) is 0 Å². The fourth-order valence-corrected chi connectivity index (χ4v) is 1.69. The quantitative estimate of drug-likeness (QED) is 0.875. The number of amides is 1. The lowest BCUT2D eigenvalue weighted by Gasteiger charge is -2.17. The molecule has 0 aromatic carbocycles. The molecule has 0 saturated heterocycles. The topological polar surface area (TPSA) is 58.1 Å². The molecule has 0 bridgehead atoms. The number of nitrogens with one attached hydrogen (secondary N) is 1. The van der Waals surface area contributed by atoms with Crippen LogP contribution in [0.4, 0.5) is 11.4 Å². The Morgan fingerprint density at radius 3 is 2.68 bits per heavy atom. The molecule has 98 valence electrons. The summed E-state index contributed by atoms with van der Waals surface area (Å²) in [4.78, 5) is 21.8. The van der Waals surface area contributed by atoms with Gasteiger partial charge in [-0.1, -0.05) is 11.6 Å². The van der Waals surface area contributed by atoms with Gasteiger partial charge in [0.2, 0.25) is 0 Å². The van der Waals surface area contributed by atoms with E-state index in [0.717, 1.165) is 5.69 Å². The zero-order valence-electron chi connectivity index (χ0n) is 10.6. The maximum atomic E-state index is 12.1. The molecule has 6 heteroatoms. The second kappa shape index (κ2) is 5.67. The third-order valence-electron chi connectivity index (χ3n) is 2.52. The predicted octanol–water partition coefficient (Wildman–Crippen LogP) is 2.45. The van der Waals surface area contributed by atoms with Crippen molar-refractivity contribution < 1.29 is 4.79 Å². The second-order valence-corrected chi connectivity index (χ2v) is 4.50. The normalized spacial score (nSPS) is 10.1. The van der Waals surface area contributed by atoms with Crippen molar-refractivity contribution in [1.82, 2.24) is 9.97 Å². The Morgan fingerprint density at radius 2 is 2.05 bits per heavy atom. The summed E-state index contributed by atoms with van der Waals surface area (Å²) in [5, 5.41) is 3.16. The molecule has 2 aromatic rings. The molecule has 0 saturated carbocycles. The van der Waals surface area contributed by atoms with Gasteiger partial charge >= 0.3 is 0 Å². The monoisotopic (exact) mass is 276 g/mol. The molecule has 19 heavy (non-hydrogen) atoms. The SMILES string of the molecule is CN(C)c1ccncc1NC(=O)c1ccc(Cl)nc1. The number of halogens is 1. The molecule has 0 aliphatic heterocycles. The average Bonchev–Trinajstić information content (AvgIpc) is 2.39. The van der Waals surface area contributed by atoms with E-state index in [1.54, 1.807) is 24.5 Å². The summed E-state index contributed by atoms with van der Waals surface area (Å²) >= 11 is 5.68. The minimum atomic E-state index is -0.250. The molecule has 0 aliphatic carbocycles. The largest absolute Gasteiger partial charge is 0.376 e. The molecule has 0 atom stereocenters. The van der Waals surface area contributed by atoms with Crippen LogP contribution in [0.25, 0.3) is 0 Å². The number of aromatic nitrogens is 2. The van der Waals surface area contributed by atoms with Crippen LogP contribution in [-0.4, -0.2) is 30.0 Å². The summed E-state index contributed by atoms with van der Waals surface area (Å²) in [6.45, 7) is 0. The van der Waals surface area contributed by atoms with Crippen LogP contribution in [0, 0.1) is 0 Å². The van der Waals surface area contributed by atoms with Gasteiger partial charge in [-0.3, -0.25) is 9.78 Å². The van der Waals surface area contributed by atoms with Crippen molar-refractivity contribution in [2.45, 2.75) is 0 Å². The summed E-state index contributed by atoms with van der Waals surface area (Å²) in [5.41, 5.74) is 1.97. The van der Waals surface area contributed by atoms with Crippen molar-refractivity contribution in [2.75, 3.05) is 24.3 Å². The lowest BCUT2D eigenvalue weighted by Crippen LogP contribution is -2.17. The lowest BCUT2D eigenvalue weighted by atomic mass is 10.2. The van der Waals surface area contributed by atoms with Crippen LogP contribution in [0.15, 0.2) is 36.8 Å². The molecule has 0 unspecified atom stereocenters. The van der Waals surface area contributed by atoms with Crippen LogP contribution in [0.5, 0.6) is 0 Å². The van der Waals surface area contributed by atoms with Gasteiger partial charge < -0.3 is 10.2 Å². The molecule has 0 spiro atoms. The summed E-state index contributed by atoms with van der Waals surface area (Å²) in [6.07, 6.45) is 4.72. The van der Waals surface area contributed by atoms with Crippen LogP contribution in [0.1, 0.15) is 10.4 Å². The first-order valence-electron chi connectivity index (χ1n) is 5.62. The van der Waals surface area contributed by atoms with Crippen LogP contribution in [0.3, 0.4) is 0 Å². The van der Waals surface area contributed by atoms with Crippen molar-refractivity contribution in [1.29, 1.82) is 0 Å². The summed E-state index contributed by atoms with van der Waals surface area (Å²) in [6, 6.07) is 5.03. The molecule has 2 heterocycles. The third kappa shape index (κ3) is 3.20. The average molecular weight is 277 g/mol. The smallest absolute Gasteiger partial charge is 0.257 e. The van der Waals surface area contributed by atoms with E-state index in [-0.39, 0.29) is 5.91 Å². The highest BCUT2D eigenvalue weighted by Gasteiger charge is 2.10. The molecule has 2 rings (SSSR count). The lowest BCUT2D eigenvalue weighted by molar-refractivity contribution is 0.102. The fourth-order valence-electron chi connectivity index (χ4n) is 1.58. The van der Waals surface area contributed by atoms with Crippen molar-refractivity contribution >= 4 is 28.9 Å². The van der Waals surface area contributed by atoms with E-state index in [1.807, 2.05) is 25.1 Å². The summed E-state index contributed by atoms with van der Waals surface area (Å²) in [7, 11) is 3.80. The molecule has 1 N–H and O–H groups in total. The number of nitrogens with zero attached hydrogens (tertiary/aromatic N) is 3. The minimum Gasteiger partial charge on any atom is -0.376 e. The van der Waals surface area contributed by atoms with Crippen LogP contribution < -0.4 is 10.2 Å². The molecule has 0 aliphatic rings. The Balaban J connectivity index is 2.22. The number of carbonyl (C=O) groups excluding carboxylic acids is 1. The van der Waals surface area contributed by atoms with Crippen LogP contribution in [-0.2, 0) is 0 Å². The molecule has 5 nitrogen and oxygen atoms in total. The highest BCUT2D eigenvalue weighted by molar-refractivity contribution is 6.29. The number of pyridine rings is 2. The Morgan fingerprint density at radius 1 is 1.26 bits per heavy atom. The predicted molar refractivity (Wildman–Crippen MR) is 75.8 cm³/mol. The summed E-state index contributed by atoms with van der Waals surface area (Å²) < 4.78 is 0. The summed E-state index contributed by atoms with van der Waals surface area (Å²) in [5.74, 6) is -0.250. The maximum absolute atomic E-state index is 12.1. The Hall–Kier alpha value is -2.14. The van der Waals surface area contributed by atoms with E-state index in [9.17, 15) is 4.79 Å². The molecule has 0 radical (unpaired) electrons. The zero-order chi connectivity index (χ0) is 13.8. The molecule has 0 fully saturated rings. The molecule has 2 aromatic heterocycles. The molecular weight excluding hydrogens is 264 g/mol. The number of anilines is 2. The van der Waals surface area contributed by atoms with E-state index in [0.29, 0.717) is 16.4 Å². The van der Waals surface area contributed by atoms with Crippen LogP contribution >= 0.6 is 11.6 Å². The van der Waals surface area contributed by atoms with Crippen LogP contribution in [0.2, 0.25) is 5.15 Å². The van der Waals surface area contributed by atoms with Crippen molar-refractivity contribution in [3.8, 4) is 0 Å². The number of hydrogen-bond donors (Lipinski definition) is 1. The van der Waals surface area contributed by atoms with Gasteiger partial charge in [-0.25, -0.2) is 4.98 Å². The Kier molecular flexibility index (Phi) is 3.97. The van der Waals surface area contributed by atoms with E-state index in [1.165, 1.54) is 6.20 Å². The van der Waals surface area contributed by atoms with Gasteiger partial charge in [0.25, 0.3) is 5.91 Å². The first kappa shape index (κ1) is 13.3. The van der Waals surface area contributed by atoms with Crippen molar-refractivity contribution in [3.05, 3.63) is 47.5 Å². The Bertz CT molecular complexity index is 583. The van der Waals surface area contributed by atoms with Crippen molar-refractivity contribution in [3.63, 3.8) is 0 Å². The van der Waals surface area contributed by atoms with E-state index in [4.69, 9.17) is 11.6 Å². The number of hydrogen-bond acceptors (Lipinski definition) is 4. The number of rotatable bonds is 3. The first-order valence-corrected chi connectivity index (χ1v) is 6.00. The van der Waals surface area contributed by atoms with Crippen molar-refractivity contribution in [2.24, 2.45) is 0 Å². The second-order valence-electron chi connectivity index (χ2n) is 4.11.